The van der Waals surface area contributed by atoms with Crippen LogP contribution in [0.25, 0.3) is 0 Å². The molecule has 0 aliphatic carbocycles. The quantitative estimate of drug-likeness (QED) is 0.881. The lowest BCUT2D eigenvalue weighted by atomic mass is 10.2. The van der Waals surface area contributed by atoms with Crippen molar-refractivity contribution in [3.63, 3.8) is 0 Å². The Morgan fingerprint density at radius 1 is 1.32 bits per heavy atom. The van der Waals surface area contributed by atoms with Gasteiger partial charge in [0, 0.05) is 6.20 Å². The summed E-state index contributed by atoms with van der Waals surface area (Å²) in [4.78, 5) is 16.0. The van der Waals surface area contributed by atoms with Gasteiger partial charge in [0.2, 0.25) is 0 Å². The van der Waals surface area contributed by atoms with Crippen LogP contribution in [0.1, 0.15) is 17.3 Å². The molecular formula is C14H15N3O2. The van der Waals surface area contributed by atoms with Crippen molar-refractivity contribution in [2.75, 3.05) is 17.7 Å². The highest BCUT2D eigenvalue weighted by atomic mass is 16.5. The van der Waals surface area contributed by atoms with Gasteiger partial charge < -0.3 is 15.8 Å². The number of ether oxygens (including phenoxy) is 1. The Labute approximate surface area is 111 Å². The van der Waals surface area contributed by atoms with Gasteiger partial charge in [-0.2, -0.15) is 0 Å². The smallest absolute Gasteiger partial charge is 0.259 e. The van der Waals surface area contributed by atoms with Gasteiger partial charge in [0.15, 0.2) is 0 Å². The zero-order valence-corrected chi connectivity index (χ0v) is 10.6. The maximum atomic E-state index is 12.1. The lowest BCUT2D eigenvalue weighted by Crippen LogP contribution is -2.15. The SMILES string of the molecule is CCOc1ccccc1NC(=O)c1cccnc1N. The number of rotatable bonds is 4. The predicted octanol–water partition coefficient (Wildman–Crippen LogP) is 2.31. The second-order valence-electron chi connectivity index (χ2n) is 3.82. The van der Waals surface area contributed by atoms with E-state index in [1.54, 1.807) is 30.5 Å². The molecule has 0 unspecified atom stereocenters. The normalized spacial score (nSPS) is 9.95. The lowest BCUT2D eigenvalue weighted by molar-refractivity contribution is 0.102. The highest BCUT2D eigenvalue weighted by Crippen LogP contribution is 2.24. The first-order chi connectivity index (χ1) is 9.22. The molecule has 0 saturated heterocycles. The molecule has 2 aromatic rings. The number of nitrogens with one attached hydrogen (secondary N) is 1. The van der Waals surface area contributed by atoms with Crippen molar-refractivity contribution >= 4 is 17.4 Å². The molecule has 0 atom stereocenters. The summed E-state index contributed by atoms with van der Waals surface area (Å²) in [7, 11) is 0. The highest BCUT2D eigenvalue weighted by Gasteiger charge is 2.12. The fourth-order valence-corrected chi connectivity index (χ4v) is 1.65. The van der Waals surface area contributed by atoms with Gasteiger partial charge in [0.25, 0.3) is 5.91 Å². The van der Waals surface area contributed by atoms with Gasteiger partial charge in [-0.25, -0.2) is 4.98 Å². The number of para-hydroxylation sites is 2. The summed E-state index contributed by atoms with van der Waals surface area (Å²) < 4.78 is 5.44. The van der Waals surface area contributed by atoms with Gasteiger partial charge >= 0.3 is 0 Å². The molecular weight excluding hydrogens is 242 g/mol. The molecule has 0 saturated carbocycles. The maximum absolute atomic E-state index is 12.1. The van der Waals surface area contributed by atoms with Crippen LogP contribution in [0.15, 0.2) is 42.6 Å². The van der Waals surface area contributed by atoms with Crippen LogP contribution in [0.5, 0.6) is 5.75 Å². The molecule has 3 N–H and O–H groups in total. The number of benzene rings is 1. The summed E-state index contributed by atoms with van der Waals surface area (Å²) >= 11 is 0. The Hall–Kier alpha value is -2.56. The maximum Gasteiger partial charge on any atom is 0.259 e. The molecule has 5 heteroatoms. The minimum absolute atomic E-state index is 0.203. The van der Waals surface area contributed by atoms with Crippen molar-refractivity contribution in [1.29, 1.82) is 0 Å². The van der Waals surface area contributed by atoms with Gasteiger partial charge in [0.05, 0.1) is 17.9 Å². The standard InChI is InChI=1S/C14H15N3O2/c1-2-19-12-8-4-3-7-11(12)17-14(18)10-6-5-9-16-13(10)15/h3-9H,2H2,1H3,(H2,15,16)(H,17,18). The van der Waals surface area contributed by atoms with Crippen molar-refractivity contribution in [1.82, 2.24) is 4.98 Å². The Balaban J connectivity index is 2.22. The summed E-state index contributed by atoms with van der Waals surface area (Å²) in [5, 5.41) is 2.77. The Bertz CT molecular complexity index is 584. The number of nitrogen functional groups attached to an aromatic ring is 1. The molecule has 1 heterocycles. The van der Waals surface area contributed by atoms with Crippen molar-refractivity contribution < 1.29 is 9.53 Å². The van der Waals surface area contributed by atoms with Crippen LogP contribution in [0.2, 0.25) is 0 Å². The predicted molar refractivity (Wildman–Crippen MR) is 74.2 cm³/mol. The van der Waals surface area contributed by atoms with E-state index in [4.69, 9.17) is 10.5 Å². The van der Waals surface area contributed by atoms with Gasteiger partial charge in [-0.3, -0.25) is 4.79 Å². The minimum Gasteiger partial charge on any atom is -0.492 e. The number of hydrogen-bond donors (Lipinski definition) is 2. The first-order valence-corrected chi connectivity index (χ1v) is 5.96. The number of hydrogen-bond acceptors (Lipinski definition) is 4. The van der Waals surface area contributed by atoms with Crippen LogP contribution in [0.3, 0.4) is 0 Å². The number of amides is 1. The summed E-state index contributed by atoms with van der Waals surface area (Å²) in [6.45, 7) is 2.42. The Kier molecular flexibility index (Phi) is 3.97. The largest absolute Gasteiger partial charge is 0.492 e. The number of pyridine rings is 1. The zero-order chi connectivity index (χ0) is 13.7. The fourth-order valence-electron chi connectivity index (χ4n) is 1.65. The molecule has 5 nitrogen and oxygen atoms in total. The van der Waals surface area contributed by atoms with Crippen LogP contribution < -0.4 is 15.8 Å². The second kappa shape index (κ2) is 5.86. The molecule has 98 valence electrons. The highest BCUT2D eigenvalue weighted by molar-refractivity contribution is 6.07. The van der Waals surface area contributed by atoms with Crippen LogP contribution in [0.4, 0.5) is 11.5 Å². The molecule has 0 spiro atoms. The number of anilines is 2. The molecule has 0 radical (unpaired) electrons. The van der Waals surface area contributed by atoms with E-state index in [2.05, 4.69) is 10.3 Å². The summed E-state index contributed by atoms with van der Waals surface area (Å²) in [6, 6.07) is 10.5. The first-order valence-electron chi connectivity index (χ1n) is 5.96. The number of carbonyl (C=O) groups excluding carboxylic acids is 1. The van der Waals surface area contributed by atoms with Gasteiger partial charge in [-0.1, -0.05) is 12.1 Å². The monoisotopic (exact) mass is 257 g/mol. The Morgan fingerprint density at radius 3 is 2.84 bits per heavy atom. The average molecular weight is 257 g/mol. The summed E-state index contributed by atoms with van der Waals surface area (Å²) in [5.41, 5.74) is 6.62. The first kappa shape index (κ1) is 12.9. The molecule has 1 aromatic carbocycles. The zero-order valence-electron chi connectivity index (χ0n) is 10.6. The van der Waals surface area contributed by atoms with Gasteiger partial charge in [-0.15, -0.1) is 0 Å². The van der Waals surface area contributed by atoms with E-state index in [1.165, 1.54) is 0 Å². The van der Waals surface area contributed by atoms with Crippen molar-refractivity contribution in [3.8, 4) is 5.75 Å². The van der Waals surface area contributed by atoms with Crippen molar-refractivity contribution in [2.24, 2.45) is 0 Å². The van der Waals surface area contributed by atoms with E-state index < -0.39 is 0 Å². The number of carbonyl (C=O) groups is 1. The fraction of sp³-hybridized carbons (Fsp3) is 0.143. The topological polar surface area (TPSA) is 77.2 Å². The third-order valence-corrected chi connectivity index (χ3v) is 2.52. The molecule has 1 aromatic heterocycles. The molecule has 0 fully saturated rings. The number of nitrogens with zero attached hydrogens (tertiary/aromatic N) is 1. The number of aromatic nitrogens is 1. The third-order valence-electron chi connectivity index (χ3n) is 2.52. The summed E-state index contributed by atoms with van der Waals surface area (Å²) in [6.07, 6.45) is 1.54. The van der Waals surface area contributed by atoms with Crippen LogP contribution in [-0.2, 0) is 0 Å². The van der Waals surface area contributed by atoms with Crippen molar-refractivity contribution in [3.05, 3.63) is 48.2 Å². The minimum atomic E-state index is -0.308. The third kappa shape index (κ3) is 3.01. The average Bonchev–Trinajstić information content (AvgIpc) is 2.41. The van der Waals surface area contributed by atoms with E-state index in [1.807, 2.05) is 19.1 Å². The second-order valence-corrected chi connectivity index (χ2v) is 3.82. The molecule has 2 rings (SSSR count). The Morgan fingerprint density at radius 2 is 2.11 bits per heavy atom. The number of nitrogens with two attached hydrogens (primary N) is 1. The van der Waals surface area contributed by atoms with Crippen LogP contribution >= 0.6 is 0 Å². The van der Waals surface area contributed by atoms with E-state index >= 15 is 0 Å². The van der Waals surface area contributed by atoms with E-state index in [-0.39, 0.29) is 11.7 Å². The van der Waals surface area contributed by atoms with E-state index in [0.29, 0.717) is 23.6 Å². The van der Waals surface area contributed by atoms with Crippen molar-refractivity contribution in [2.45, 2.75) is 6.92 Å². The van der Waals surface area contributed by atoms with E-state index in [0.717, 1.165) is 0 Å². The van der Waals surface area contributed by atoms with Crippen LogP contribution in [-0.4, -0.2) is 17.5 Å². The molecule has 0 bridgehead atoms. The lowest BCUT2D eigenvalue weighted by Gasteiger charge is -2.11. The molecule has 1 amide bonds. The molecule has 0 aliphatic rings. The van der Waals surface area contributed by atoms with Gasteiger partial charge in [0.1, 0.15) is 11.6 Å². The van der Waals surface area contributed by atoms with E-state index in [9.17, 15) is 4.79 Å². The van der Waals surface area contributed by atoms with Crippen LogP contribution in [0, 0.1) is 0 Å². The van der Waals surface area contributed by atoms with Gasteiger partial charge in [-0.05, 0) is 31.2 Å². The molecule has 0 aliphatic heterocycles. The summed E-state index contributed by atoms with van der Waals surface area (Å²) in [5.74, 6) is 0.521. The molecule has 19 heavy (non-hydrogen) atoms.